The summed E-state index contributed by atoms with van der Waals surface area (Å²) in [6.07, 6.45) is -0.346. The Bertz CT molecular complexity index is 505. The molecule has 2 atom stereocenters. The summed E-state index contributed by atoms with van der Waals surface area (Å²) in [5, 5.41) is 9.22. The highest BCUT2D eigenvalue weighted by atomic mass is 16.5. The van der Waals surface area contributed by atoms with Crippen LogP contribution < -0.4 is 9.47 Å². The minimum atomic E-state index is -0.346. The van der Waals surface area contributed by atoms with Crippen LogP contribution in [0.2, 0.25) is 0 Å². The predicted octanol–water partition coefficient (Wildman–Crippen LogP) is 0.926. The standard InChI is InChI=1S/C15H21NO5/c1-10-9-21-12(8-17)7-16(10)15(18)13-6-11(19-2)4-5-14(13)20-3/h4-6,10,12,17H,7-9H2,1-3H3. The molecule has 1 saturated heterocycles. The summed E-state index contributed by atoms with van der Waals surface area (Å²) in [6, 6.07) is 5.06. The maximum atomic E-state index is 12.8. The minimum Gasteiger partial charge on any atom is -0.497 e. The summed E-state index contributed by atoms with van der Waals surface area (Å²) < 4.78 is 15.9. The van der Waals surface area contributed by atoms with Crippen molar-refractivity contribution >= 4 is 5.91 Å². The molecule has 0 aromatic heterocycles. The third-order valence-corrected chi connectivity index (χ3v) is 3.61. The third kappa shape index (κ3) is 3.28. The first-order chi connectivity index (χ1) is 10.1. The molecule has 2 rings (SSSR count). The van der Waals surface area contributed by atoms with Crippen molar-refractivity contribution in [3.63, 3.8) is 0 Å². The van der Waals surface area contributed by atoms with Crippen molar-refractivity contribution in [3.05, 3.63) is 23.8 Å². The van der Waals surface area contributed by atoms with E-state index in [0.29, 0.717) is 30.2 Å². The lowest BCUT2D eigenvalue weighted by Gasteiger charge is -2.37. The van der Waals surface area contributed by atoms with Gasteiger partial charge in [-0.2, -0.15) is 0 Å². The molecule has 1 N–H and O–H groups in total. The Balaban J connectivity index is 2.29. The van der Waals surface area contributed by atoms with E-state index in [9.17, 15) is 9.90 Å². The molecule has 0 radical (unpaired) electrons. The topological polar surface area (TPSA) is 68.2 Å². The Morgan fingerprint density at radius 2 is 2.19 bits per heavy atom. The van der Waals surface area contributed by atoms with Gasteiger partial charge in [0.25, 0.3) is 5.91 Å². The van der Waals surface area contributed by atoms with E-state index in [1.54, 1.807) is 30.2 Å². The van der Waals surface area contributed by atoms with E-state index in [-0.39, 0.29) is 24.7 Å². The maximum Gasteiger partial charge on any atom is 0.258 e. The van der Waals surface area contributed by atoms with Crippen LogP contribution in [0, 0.1) is 0 Å². The number of hydrogen-bond donors (Lipinski definition) is 1. The second kappa shape index (κ2) is 6.78. The Kier molecular flexibility index (Phi) is 5.03. The molecule has 1 aliphatic rings. The SMILES string of the molecule is COc1ccc(OC)c(C(=O)N2CC(CO)OCC2C)c1. The fourth-order valence-electron chi connectivity index (χ4n) is 2.35. The largest absolute Gasteiger partial charge is 0.497 e. The van der Waals surface area contributed by atoms with Crippen LogP contribution in [0.15, 0.2) is 18.2 Å². The summed E-state index contributed by atoms with van der Waals surface area (Å²) in [6.45, 7) is 2.57. The highest BCUT2D eigenvalue weighted by molar-refractivity contribution is 5.97. The van der Waals surface area contributed by atoms with E-state index in [4.69, 9.17) is 14.2 Å². The molecule has 1 aliphatic heterocycles. The van der Waals surface area contributed by atoms with Gasteiger partial charge in [0.15, 0.2) is 0 Å². The molecule has 1 heterocycles. The number of nitrogens with zero attached hydrogens (tertiary/aromatic N) is 1. The number of carbonyl (C=O) groups excluding carboxylic acids is 1. The molecule has 21 heavy (non-hydrogen) atoms. The van der Waals surface area contributed by atoms with Gasteiger partial charge in [0.1, 0.15) is 11.5 Å². The zero-order valence-corrected chi connectivity index (χ0v) is 12.5. The number of hydrogen-bond acceptors (Lipinski definition) is 5. The molecule has 6 nitrogen and oxygen atoms in total. The number of morpholine rings is 1. The molecule has 116 valence electrons. The molecule has 1 amide bonds. The van der Waals surface area contributed by atoms with Crippen LogP contribution in [0.3, 0.4) is 0 Å². The van der Waals surface area contributed by atoms with Gasteiger partial charge >= 0.3 is 0 Å². The van der Waals surface area contributed by atoms with Gasteiger partial charge < -0.3 is 24.2 Å². The van der Waals surface area contributed by atoms with Crippen LogP contribution >= 0.6 is 0 Å². The van der Waals surface area contributed by atoms with E-state index in [2.05, 4.69) is 0 Å². The van der Waals surface area contributed by atoms with Crippen molar-refractivity contribution in [1.82, 2.24) is 4.90 Å². The number of rotatable bonds is 4. The molecular weight excluding hydrogens is 274 g/mol. The number of methoxy groups -OCH3 is 2. The summed E-state index contributed by atoms with van der Waals surface area (Å²) in [5.41, 5.74) is 0.447. The zero-order chi connectivity index (χ0) is 15.4. The Morgan fingerprint density at radius 3 is 2.81 bits per heavy atom. The number of carbonyl (C=O) groups is 1. The highest BCUT2D eigenvalue weighted by Gasteiger charge is 2.31. The molecule has 0 aliphatic carbocycles. The molecule has 1 aromatic rings. The van der Waals surface area contributed by atoms with Crippen molar-refractivity contribution in [2.24, 2.45) is 0 Å². The molecular formula is C15H21NO5. The molecule has 0 spiro atoms. The van der Waals surface area contributed by atoms with Crippen LogP contribution in [-0.2, 0) is 4.74 Å². The van der Waals surface area contributed by atoms with Gasteiger partial charge in [0.05, 0.1) is 45.1 Å². The van der Waals surface area contributed by atoms with Gasteiger partial charge in [-0.3, -0.25) is 4.79 Å². The Morgan fingerprint density at radius 1 is 1.43 bits per heavy atom. The number of ether oxygens (including phenoxy) is 3. The van der Waals surface area contributed by atoms with Gasteiger partial charge in [-0.25, -0.2) is 0 Å². The number of aliphatic hydroxyl groups excluding tert-OH is 1. The lowest BCUT2D eigenvalue weighted by Crippen LogP contribution is -2.52. The van der Waals surface area contributed by atoms with Gasteiger partial charge in [0.2, 0.25) is 0 Å². The van der Waals surface area contributed by atoms with Crippen LogP contribution in [-0.4, -0.2) is 62.0 Å². The fraction of sp³-hybridized carbons (Fsp3) is 0.533. The van der Waals surface area contributed by atoms with Crippen molar-refractivity contribution in [2.45, 2.75) is 19.1 Å². The second-order valence-electron chi connectivity index (χ2n) is 5.01. The summed E-state index contributed by atoms with van der Waals surface area (Å²) in [4.78, 5) is 14.5. The molecule has 2 unspecified atom stereocenters. The number of aliphatic hydroxyl groups is 1. The van der Waals surface area contributed by atoms with E-state index in [1.165, 1.54) is 7.11 Å². The Hall–Kier alpha value is -1.79. The van der Waals surface area contributed by atoms with Crippen LogP contribution in [0.1, 0.15) is 17.3 Å². The predicted molar refractivity (Wildman–Crippen MR) is 76.9 cm³/mol. The first-order valence-corrected chi connectivity index (χ1v) is 6.86. The minimum absolute atomic E-state index is 0.0591. The van der Waals surface area contributed by atoms with Crippen molar-refractivity contribution in [1.29, 1.82) is 0 Å². The van der Waals surface area contributed by atoms with E-state index < -0.39 is 0 Å². The fourth-order valence-corrected chi connectivity index (χ4v) is 2.35. The molecule has 1 aromatic carbocycles. The first kappa shape index (κ1) is 15.6. The molecule has 0 bridgehead atoms. The average Bonchev–Trinajstić information content (AvgIpc) is 2.54. The van der Waals surface area contributed by atoms with Gasteiger partial charge in [-0.05, 0) is 25.1 Å². The van der Waals surface area contributed by atoms with E-state index >= 15 is 0 Å². The first-order valence-electron chi connectivity index (χ1n) is 6.86. The molecule has 0 saturated carbocycles. The summed E-state index contributed by atoms with van der Waals surface area (Å²) in [7, 11) is 3.08. The van der Waals surface area contributed by atoms with Crippen molar-refractivity contribution in [3.8, 4) is 11.5 Å². The molecule has 1 fully saturated rings. The van der Waals surface area contributed by atoms with E-state index in [1.807, 2.05) is 6.92 Å². The third-order valence-electron chi connectivity index (χ3n) is 3.61. The van der Waals surface area contributed by atoms with Gasteiger partial charge in [-0.1, -0.05) is 0 Å². The molecule has 6 heteroatoms. The lowest BCUT2D eigenvalue weighted by molar-refractivity contribution is -0.0668. The van der Waals surface area contributed by atoms with Crippen LogP contribution in [0.5, 0.6) is 11.5 Å². The van der Waals surface area contributed by atoms with Gasteiger partial charge in [-0.15, -0.1) is 0 Å². The summed E-state index contributed by atoms with van der Waals surface area (Å²) in [5.74, 6) is 0.943. The Labute approximate surface area is 124 Å². The monoisotopic (exact) mass is 295 g/mol. The lowest BCUT2D eigenvalue weighted by atomic mass is 10.1. The van der Waals surface area contributed by atoms with Crippen molar-refractivity contribution in [2.75, 3.05) is 34.0 Å². The van der Waals surface area contributed by atoms with Crippen molar-refractivity contribution < 1.29 is 24.1 Å². The summed E-state index contributed by atoms with van der Waals surface area (Å²) >= 11 is 0. The normalized spacial score (nSPS) is 22.0. The smallest absolute Gasteiger partial charge is 0.258 e. The van der Waals surface area contributed by atoms with E-state index in [0.717, 1.165) is 0 Å². The number of benzene rings is 1. The quantitative estimate of drug-likeness (QED) is 0.895. The zero-order valence-electron chi connectivity index (χ0n) is 12.5. The average molecular weight is 295 g/mol. The maximum absolute atomic E-state index is 12.8. The second-order valence-corrected chi connectivity index (χ2v) is 5.01. The van der Waals surface area contributed by atoms with Crippen LogP contribution in [0.25, 0.3) is 0 Å². The number of amides is 1. The van der Waals surface area contributed by atoms with Gasteiger partial charge in [0, 0.05) is 6.54 Å². The van der Waals surface area contributed by atoms with Crippen LogP contribution in [0.4, 0.5) is 0 Å². The highest BCUT2D eigenvalue weighted by Crippen LogP contribution is 2.27.